The molecular formula is C13H23NO6S. The predicted octanol–water partition coefficient (Wildman–Crippen LogP) is 0.307. The Hall–Kier alpha value is -1.15. The SMILES string of the molecule is CC(C)(C)S(=O)(=O)CCN1CCC(C(=O)O)C(C(=O)O)C1. The zero-order chi connectivity index (χ0) is 16.4. The fraction of sp³-hybridized carbons (Fsp3) is 0.846. The van der Waals surface area contributed by atoms with E-state index in [2.05, 4.69) is 0 Å². The van der Waals surface area contributed by atoms with E-state index in [-0.39, 0.29) is 25.3 Å². The van der Waals surface area contributed by atoms with Crippen LogP contribution in [0.3, 0.4) is 0 Å². The van der Waals surface area contributed by atoms with E-state index in [0.29, 0.717) is 6.54 Å². The number of piperidine rings is 1. The lowest BCUT2D eigenvalue weighted by Gasteiger charge is -2.34. The van der Waals surface area contributed by atoms with Crippen LogP contribution >= 0.6 is 0 Å². The van der Waals surface area contributed by atoms with Crippen LogP contribution in [0.15, 0.2) is 0 Å². The molecule has 0 saturated carbocycles. The highest BCUT2D eigenvalue weighted by atomic mass is 32.2. The highest BCUT2D eigenvalue weighted by Gasteiger charge is 2.39. The molecule has 122 valence electrons. The number of rotatable bonds is 5. The Balaban J connectivity index is 2.68. The van der Waals surface area contributed by atoms with Crippen molar-refractivity contribution in [2.24, 2.45) is 11.8 Å². The van der Waals surface area contributed by atoms with E-state index >= 15 is 0 Å². The van der Waals surface area contributed by atoms with E-state index in [1.165, 1.54) is 0 Å². The molecule has 0 aromatic heterocycles. The number of carboxylic acid groups (broad SMARTS) is 2. The lowest BCUT2D eigenvalue weighted by molar-refractivity contribution is -0.157. The summed E-state index contributed by atoms with van der Waals surface area (Å²) in [5.74, 6) is -4.21. The largest absolute Gasteiger partial charge is 0.481 e. The highest BCUT2D eigenvalue weighted by molar-refractivity contribution is 7.92. The van der Waals surface area contributed by atoms with Gasteiger partial charge in [-0.05, 0) is 33.7 Å². The predicted molar refractivity (Wildman–Crippen MR) is 76.8 cm³/mol. The lowest BCUT2D eigenvalue weighted by atomic mass is 9.85. The molecule has 0 amide bonds. The fourth-order valence-electron chi connectivity index (χ4n) is 2.32. The quantitative estimate of drug-likeness (QED) is 0.749. The summed E-state index contributed by atoms with van der Waals surface area (Å²) in [6, 6.07) is 0. The van der Waals surface area contributed by atoms with Crippen LogP contribution in [-0.2, 0) is 19.4 Å². The van der Waals surface area contributed by atoms with Crippen molar-refractivity contribution in [1.82, 2.24) is 4.90 Å². The van der Waals surface area contributed by atoms with Gasteiger partial charge < -0.3 is 15.1 Å². The van der Waals surface area contributed by atoms with E-state index in [9.17, 15) is 18.0 Å². The molecule has 0 spiro atoms. The van der Waals surface area contributed by atoms with Crippen LogP contribution in [0.4, 0.5) is 0 Å². The third-order valence-electron chi connectivity index (χ3n) is 3.94. The Bertz CT molecular complexity index is 507. The summed E-state index contributed by atoms with van der Waals surface area (Å²) in [5, 5.41) is 18.2. The molecular weight excluding hydrogens is 298 g/mol. The Labute approximate surface area is 124 Å². The number of sulfone groups is 1. The van der Waals surface area contributed by atoms with Crippen LogP contribution in [-0.4, -0.2) is 65.6 Å². The summed E-state index contributed by atoms with van der Waals surface area (Å²) in [6.07, 6.45) is 0.224. The van der Waals surface area contributed by atoms with Gasteiger partial charge in [0.25, 0.3) is 0 Å². The fourth-order valence-corrected chi connectivity index (χ4v) is 3.43. The molecule has 1 rings (SSSR count). The molecule has 2 N–H and O–H groups in total. The first-order valence-electron chi connectivity index (χ1n) is 6.86. The maximum atomic E-state index is 12.0. The summed E-state index contributed by atoms with van der Waals surface area (Å²) in [6.45, 7) is 5.58. The number of hydrogen-bond donors (Lipinski definition) is 2. The second-order valence-electron chi connectivity index (χ2n) is 6.41. The summed E-state index contributed by atoms with van der Waals surface area (Å²) >= 11 is 0. The molecule has 8 heteroatoms. The van der Waals surface area contributed by atoms with Gasteiger partial charge in [0.05, 0.1) is 22.3 Å². The molecule has 2 atom stereocenters. The average Bonchev–Trinajstić information content (AvgIpc) is 2.34. The Morgan fingerprint density at radius 2 is 1.67 bits per heavy atom. The number of aliphatic carboxylic acids is 2. The van der Waals surface area contributed by atoms with Gasteiger partial charge in [0.1, 0.15) is 0 Å². The van der Waals surface area contributed by atoms with Crippen molar-refractivity contribution in [2.75, 3.05) is 25.4 Å². The standard InChI is InChI=1S/C13H23NO6S/c1-13(2,3)21(19,20)7-6-14-5-4-9(11(15)16)10(8-14)12(17)18/h9-10H,4-8H2,1-3H3,(H,15,16)(H,17,18). The van der Waals surface area contributed by atoms with E-state index in [4.69, 9.17) is 10.2 Å². The molecule has 0 radical (unpaired) electrons. The molecule has 7 nitrogen and oxygen atoms in total. The minimum absolute atomic E-state index is 0.0550. The molecule has 1 saturated heterocycles. The van der Waals surface area contributed by atoms with Gasteiger partial charge in [-0.1, -0.05) is 0 Å². The first-order chi connectivity index (χ1) is 9.45. The van der Waals surface area contributed by atoms with Gasteiger partial charge >= 0.3 is 11.9 Å². The Morgan fingerprint density at radius 3 is 2.10 bits per heavy atom. The lowest BCUT2D eigenvalue weighted by Crippen LogP contribution is -2.48. The summed E-state index contributed by atoms with van der Waals surface area (Å²) < 4.78 is 23.2. The van der Waals surface area contributed by atoms with Gasteiger partial charge in [-0.25, -0.2) is 8.42 Å². The number of likely N-dealkylation sites (tertiary alicyclic amines) is 1. The van der Waals surface area contributed by atoms with Gasteiger partial charge in [-0.3, -0.25) is 9.59 Å². The third kappa shape index (κ3) is 4.41. The molecule has 0 aromatic rings. The third-order valence-corrected chi connectivity index (χ3v) is 6.53. The Kier molecular flexibility index (Phi) is 5.38. The summed E-state index contributed by atoms with van der Waals surface area (Å²) in [5.41, 5.74) is 0. The van der Waals surface area contributed by atoms with Crippen LogP contribution in [0.25, 0.3) is 0 Å². The molecule has 0 aromatic carbocycles. The van der Waals surface area contributed by atoms with Gasteiger partial charge in [0.2, 0.25) is 0 Å². The second-order valence-corrected chi connectivity index (χ2v) is 9.27. The van der Waals surface area contributed by atoms with Crippen LogP contribution in [0, 0.1) is 11.8 Å². The normalized spacial score (nSPS) is 24.7. The monoisotopic (exact) mass is 321 g/mol. The van der Waals surface area contributed by atoms with E-state index < -0.39 is 38.4 Å². The number of carbonyl (C=O) groups is 2. The van der Waals surface area contributed by atoms with Crippen molar-refractivity contribution in [1.29, 1.82) is 0 Å². The molecule has 21 heavy (non-hydrogen) atoms. The number of hydrogen-bond acceptors (Lipinski definition) is 5. The van der Waals surface area contributed by atoms with Gasteiger partial charge in [-0.2, -0.15) is 0 Å². The molecule has 0 aliphatic carbocycles. The maximum absolute atomic E-state index is 12.0. The molecule has 1 heterocycles. The minimum Gasteiger partial charge on any atom is -0.481 e. The maximum Gasteiger partial charge on any atom is 0.308 e. The van der Waals surface area contributed by atoms with Crippen LogP contribution < -0.4 is 0 Å². The molecule has 0 bridgehead atoms. The first-order valence-corrected chi connectivity index (χ1v) is 8.51. The van der Waals surface area contributed by atoms with Crippen molar-refractivity contribution >= 4 is 21.8 Å². The van der Waals surface area contributed by atoms with E-state index in [1.54, 1.807) is 25.7 Å². The zero-order valence-corrected chi connectivity index (χ0v) is 13.4. The molecule has 1 fully saturated rings. The molecule has 1 aliphatic heterocycles. The highest BCUT2D eigenvalue weighted by Crippen LogP contribution is 2.25. The number of carboxylic acids is 2. The zero-order valence-electron chi connectivity index (χ0n) is 12.6. The molecule has 2 unspecified atom stereocenters. The van der Waals surface area contributed by atoms with Gasteiger partial charge in [0.15, 0.2) is 9.84 Å². The van der Waals surface area contributed by atoms with Gasteiger partial charge in [-0.15, -0.1) is 0 Å². The number of nitrogens with zero attached hydrogens (tertiary/aromatic N) is 1. The Morgan fingerprint density at radius 1 is 1.14 bits per heavy atom. The molecule has 1 aliphatic rings. The first kappa shape index (κ1) is 17.9. The minimum atomic E-state index is -3.27. The van der Waals surface area contributed by atoms with Crippen molar-refractivity contribution in [3.63, 3.8) is 0 Å². The van der Waals surface area contributed by atoms with Gasteiger partial charge in [0, 0.05) is 13.1 Å². The van der Waals surface area contributed by atoms with Crippen LogP contribution in [0.2, 0.25) is 0 Å². The average molecular weight is 321 g/mol. The summed E-state index contributed by atoms with van der Waals surface area (Å²) in [4.78, 5) is 23.9. The van der Waals surface area contributed by atoms with Crippen molar-refractivity contribution < 1.29 is 28.2 Å². The van der Waals surface area contributed by atoms with E-state index in [1.807, 2.05) is 0 Å². The van der Waals surface area contributed by atoms with Crippen molar-refractivity contribution in [2.45, 2.75) is 31.9 Å². The topological polar surface area (TPSA) is 112 Å². The second kappa shape index (κ2) is 6.31. The van der Waals surface area contributed by atoms with Crippen molar-refractivity contribution in [3.05, 3.63) is 0 Å². The van der Waals surface area contributed by atoms with Crippen LogP contribution in [0.1, 0.15) is 27.2 Å². The summed E-state index contributed by atoms with van der Waals surface area (Å²) in [7, 11) is -3.27. The smallest absolute Gasteiger partial charge is 0.308 e. The van der Waals surface area contributed by atoms with Crippen LogP contribution in [0.5, 0.6) is 0 Å². The van der Waals surface area contributed by atoms with E-state index in [0.717, 1.165) is 0 Å². The van der Waals surface area contributed by atoms with Crippen molar-refractivity contribution in [3.8, 4) is 0 Å².